The molecule has 0 aliphatic carbocycles. The summed E-state index contributed by atoms with van der Waals surface area (Å²) in [7, 11) is 0. The molecule has 1 saturated heterocycles. The van der Waals surface area contributed by atoms with Gasteiger partial charge in [-0.3, -0.25) is 9.69 Å². The van der Waals surface area contributed by atoms with Crippen molar-refractivity contribution in [2.24, 2.45) is 0 Å². The molecule has 1 N–H and O–H groups in total. The summed E-state index contributed by atoms with van der Waals surface area (Å²) in [5, 5.41) is 9.59. The molecule has 2 aromatic carbocycles. The Labute approximate surface area is 135 Å². The number of carboxylic acid groups (broad SMARTS) is 1. The number of carbonyl (C=O) groups is 1. The second-order valence-electron chi connectivity index (χ2n) is 5.92. The van der Waals surface area contributed by atoms with Gasteiger partial charge in [0.1, 0.15) is 11.9 Å². The Kier molecular flexibility index (Phi) is 4.72. The van der Waals surface area contributed by atoms with Gasteiger partial charge in [0.2, 0.25) is 0 Å². The summed E-state index contributed by atoms with van der Waals surface area (Å²) >= 11 is 0. The predicted molar refractivity (Wildman–Crippen MR) is 86.7 cm³/mol. The van der Waals surface area contributed by atoms with Gasteiger partial charge in [-0.15, -0.1) is 0 Å². The Balaban J connectivity index is 2.08. The van der Waals surface area contributed by atoms with Crippen LogP contribution in [0.25, 0.3) is 0 Å². The Bertz CT molecular complexity index is 674. The molecule has 2 atom stereocenters. The number of nitrogens with zero attached hydrogens (tertiary/aromatic N) is 1. The van der Waals surface area contributed by atoms with Crippen molar-refractivity contribution in [3.05, 3.63) is 71.5 Å². The Morgan fingerprint density at radius 3 is 2.48 bits per heavy atom. The van der Waals surface area contributed by atoms with Crippen LogP contribution in [0.5, 0.6) is 0 Å². The molecule has 0 amide bonds. The maximum absolute atomic E-state index is 14.4. The SMILES string of the molecule is O=C(O)C1CCCCN1C(c1ccccc1)c1ccccc1F. The maximum atomic E-state index is 14.4. The van der Waals surface area contributed by atoms with Crippen LogP contribution in [0.3, 0.4) is 0 Å². The number of rotatable bonds is 4. The number of hydrogen-bond acceptors (Lipinski definition) is 2. The fraction of sp³-hybridized carbons (Fsp3) is 0.316. The fourth-order valence-corrected chi connectivity index (χ4v) is 3.41. The van der Waals surface area contributed by atoms with Crippen LogP contribution in [0, 0.1) is 5.82 Å². The van der Waals surface area contributed by atoms with Crippen LogP contribution in [-0.4, -0.2) is 28.6 Å². The lowest BCUT2D eigenvalue weighted by atomic mass is 9.91. The topological polar surface area (TPSA) is 40.5 Å². The number of halogens is 1. The Morgan fingerprint density at radius 2 is 1.78 bits per heavy atom. The van der Waals surface area contributed by atoms with Crippen LogP contribution in [-0.2, 0) is 4.79 Å². The van der Waals surface area contributed by atoms with Gasteiger partial charge in [-0.1, -0.05) is 55.0 Å². The normalized spacial score (nSPS) is 20.1. The van der Waals surface area contributed by atoms with Crippen LogP contribution >= 0.6 is 0 Å². The maximum Gasteiger partial charge on any atom is 0.320 e. The van der Waals surface area contributed by atoms with Gasteiger partial charge in [0.25, 0.3) is 0 Å². The molecule has 4 heteroatoms. The highest BCUT2D eigenvalue weighted by atomic mass is 19.1. The van der Waals surface area contributed by atoms with E-state index in [-0.39, 0.29) is 11.9 Å². The fourth-order valence-electron chi connectivity index (χ4n) is 3.41. The molecule has 0 aromatic heterocycles. The number of benzene rings is 2. The molecule has 0 radical (unpaired) electrons. The van der Waals surface area contributed by atoms with Crippen molar-refractivity contribution in [1.29, 1.82) is 0 Å². The van der Waals surface area contributed by atoms with Crippen molar-refractivity contribution < 1.29 is 14.3 Å². The summed E-state index contributed by atoms with van der Waals surface area (Å²) in [5.41, 5.74) is 1.46. The molecular weight excluding hydrogens is 293 g/mol. The second-order valence-corrected chi connectivity index (χ2v) is 5.92. The van der Waals surface area contributed by atoms with Crippen LogP contribution in [0.15, 0.2) is 54.6 Å². The Hall–Kier alpha value is -2.20. The highest BCUT2D eigenvalue weighted by Crippen LogP contribution is 2.35. The molecule has 1 aliphatic heterocycles. The molecule has 1 fully saturated rings. The van der Waals surface area contributed by atoms with Crippen molar-refractivity contribution in [2.75, 3.05) is 6.54 Å². The highest BCUT2D eigenvalue weighted by molar-refractivity contribution is 5.73. The van der Waals surface area contributed by atoms with E-state index >= 15 is 0 Å². The third-order valence-corrected chi connectivity index (χ3v) is 4.48. The van der Waals surface area contributed by atoms with Gasteiger partial charge in [-0.25, -0.2) is 4.39 Å². The first kappa shape index (κ1) is 15.7. The van der Waals surface area contributed by atoms with E-state index in [9.17, 15) is 14.3 Å². The molecule has 3 rings (SSSR count). The van der Waals surface area contributed by atoms with Gasteiger partial charge in [0, 0.05) is 5.56 Å². The van der Waals surface area contributed by atoms with E-state index in [0.29, 0.717) is 18.5 Å². The summed E-state index contributed by atoms with van der Waals surface area (Å²) in [5.74, 6) is -1.13. The largest absolute Gasteiger partial charge is 0.480 e. The summed E-state index contributed by atoms with van der Waals surface area (Å²) < 4.78 is 14.4. The first-order valence-electron chi connectivity index (χ1n) is 7.96. The standard InChI is InChI=1S/C19H20FNO2/c20-16-11-5-4-10-15(16)18(14-8-2-1-3-9-14)21-13-7-6-12-17(21)19(22)23/h1-5,8-11,17-18H,6-7,12-13H2,(H,22,23). The van der Waals surface area contributed by atoms with E-state index in [1.54, 1.807) is 18.2 Å². The molecule has 0 saturated carbocycles. The quantitative estimate of drug-likeness (QED) is 0.932. The number of hydrogen-bond donors (Lipinski definition) is 1. The number of carboxylic acids is 1. The minimum atomic E-state index is -0.832. The van der Waals surface area contributed by atoms with Crippen molar-refractivity contribution >= 4 is 5.97 Å². The minimum Gasteiger partial charge on any atom is -0.480 e. The Morgan fingerprint density at radius 1 is 1.09 bits per heavy atom. The number of aliphatic carboxylic acids is 1. The summed E-state index contributed by atoms with van der Waals surface area (Å²) in [6.07, 6.45) is 2.43. The van der Waals surface area contributed by atoms with Crippen LogP contribution in [0.4, 0.5) is 4.39 Å². The number of piperidine rings is 1. The molecule has 1 aliphatic rings. The van der Waals surface area contributed by atoms with Crippen molar-refractivity contribution in [2.45, 2.75) is 31.3 Å². The van der Waals surface area contributed by atoms with E-state index < -0.39 is 12.0 Å². The van der Waals surface area contributed by atoms with Gasteiger partial charge in [0.05, 0.1) is 6.04 Å². The first-order valence-corrected chi connectivity index (χ1v) is 7.96. The number of likely N-dealkylation sites (tertiary alicyclic amines) is 1. The summed E-state index contributed by atoms with van der Waals surface area (Å²) in [6.45, 7) is 0.658. The third-order valence-electron chi connectivity index (χ3n) is 4.48. The van der Waals surface area contributed by atoms with E-state index in [1.165, 1.54) is 6.07 Å². The van der Waals surface area contributed by atoms with Gasteiger partial charge >= 0.3 is 5.97 Å². The molecule has 23 heavy (non-hydrogen) atoms. The zero-order valence-corrected chi connectivity index (χ0v) is 12.9. The lowest BCUT2D eigenvalue weighted by molar-refractivity contribution is -0.145. The smallest absolute Gasteiger partial charge is 0.320 e. The monoisotopic (exact) mass is 313 g/mol. The zero-order chi connectivity index (χ0) is 16.2. The van der Waals surface area contributed by atoms with E-state index in [0.717, 1.165) is 18.4 Å². The molecule has 120 valence electrons. The molecule has 0 spiro atoms. The molecular formula is C19H20FNO2. The summed E-state index contributed by atoms with van der Waals surface area (Å²) in [4.78, 5) is 13.6. The average molecular weight is 313 g/mol. The van der Waals surface area contributed by atoms with Crippen molar-refractivity contribution in [3.8, 4) is 0 Å². The minimum absolute atomic E-state index is 0.295. The lowest BCUT2D eigenvalue weighted by Gasteiger charge is -2.39. The predicted octanol–water partition coefficient (Wildman–Crippen LogP) is 3.85. The lowest BCUT2D eigenvalue weighted by Crippen LogP contribution is -2.47. The highest BCUT2D eigenvalue weighted by Gasteiger charge is 2.35. The van der Waals surface area contributed by atoms with Crippen LogP contribution in [0.1, 0.15) is 36.4 Å². The molecule has 1 heterocycles. The van der Waals surface area contributed by atoms with Gasteiger partial charge < -0.3 is 5.11 Å². The van der Waals surface area contributed by atoms with Gasteiger partial charge in [-0.05, 0) is 31.0 Å². The van der Waals surface area contributed by atoms with Crippen molar-refractivity contribution in [3.63, 3.8) is 0 Å². The summed E-state index contributed by atoms with van der Waals surface area (Å²) in [6, 6.07) is 15.3. The van der Waals surface area contributed by atoms with Gasteiger partial charge in [0.15, 0.2) is 0 Å². The molecule has 0 bridgehead atoms. The zero-order valence-electron chi connectivity index (χ0n) is 12.9. The first-order chi connectivity index (χ1) is 11.2. The van der Waals surface area contributed by atoms with E-state index in [4.69, 9.17) is 0 Å². The second kappa shape index (κ2) is 6.92. The molecule has 2 unspecified atom stereocenters. The van der Waals surface area contributed by atoms with Crippen molar-refractivity contribution in [1.82, 2.24) is 4.90 Å². The molecule has 2 aromatic rings. The third kappa shape index (κ3) is 3.27. The van der Waals surface area contributed by atoms with Crippen LogP contribution < -0.4 is 0 Å². The molecule has 3 nitrogen and oxygen atoms in total. The average Bonchev–Trinajstić information content (AvgIpc) is 2.58. The van der Waals surface area contributed by atoms with Gasteiger partial charge in [-0.2, -0.15) is 0 Å². The van der Waals surface area contributed by atoms with E-state index in [1.807, 2.05) is 35.2 Å². The van der Waals surface area contributed by atoms with E-state index in [2.05, 4.69) is 0 Å². The van der Waals surface area contributed by atoms with Crippen LogP contribution in [0.2, 0.25) is 0 Å².